The van der Waals surface area contributed by atoms with Crippen molar-refractivity contribution in [3.05, 3.63) is 66.4 Å². The fourth-order valence-electron chi connectivity index (χ4n) is 3.03. The first-order valence-corrected chi connectivity index (χ1v) is 8.37. The Morgan fingerprint density at radius 1 is 0.964 bits per heavy atom. The van der Waals surface area contributed by atoms with E-state index in [1.54, 1.807) is 41.1 Å². The number of fused-ring (bicyclic) bond motifs is 1. The van der Waals surface area contributed by atoms with Crippen molar-refractivity contribution in [1.82, 2.24) is 4.57 Å². The van der Waals surface area contributed by atoms with Crippen LogP contribution in [0.3, 0.4) is 0 Å². The van der Waals surface area contributed by atoms with Gasteiger partial charge in [-0.25, -0.2) is 0 Å². The van der Waals surface area contributed by atoms with Gasteiger partial charge in [0.1, 0.15) is 13.2 Å². The zero-order valence-electron chi connectivity index (χ0n) is 14.7. The number of carboxylic acid groups (broad SMARTS) is 2. The van der Waals surface area contributed by atoms with E-state index in [0.29, 0.717) is 11.2 Å². The number of carboxylic acids is 2. The molecular formula is C20H18N2O6. The molecule has 0 aliphatic carbocycles. The van der Waals surface area contributed by atoms with Gasteiger partial charge in [-0.1, -0.05) is 36.4 Å². The minimum Gasteiger partial charge on any atom is -0.480 e. The smallest absolute Gasteiger partial charge is 0.329 e. The first-order valence-electron chi connectivity index (χ1n) is 8.37. The normalized spacial score (nSPS) is 11.3. The fourth-order valence-corrected chi connectivity index (χ4v) is 3.03. The molecule has 1 aromatic heterocycles. The average Bonchev–Trinajstić information content (AvgIpc) is 3.07. The molecule has 0 saturated heterocycles. The summed E-state index contributed by atoms with van der Waals surface area (Å²) < 4.78 is 6.68. The number of nitrogens with zero attached hydrogens (tertiary/aromatic N) is 1. The molecule has 0 saturated carbocycles. The van der Waals surface area contributed by atoms with Gasteiger partial charge in [0, 0.05) is 17.3 Å². The summed E-state index contributed by atoms with van der Waals surface area (Å²) in [6.45, 7) is -1.04. The predicted molar refractivity (Wildman–Crippen MR) is 101 cm³/mol. The van der Waals surface area contributed by atoms with Gasteiger partial charge in [0.25, 0.3) is 0 Å². The maximum Gasteiger partial charge on any atom is 0.329 e. The van der Waals surface area contributed by atoms with Crippen LogP contribution in [0.1, 0.15) is 5.56 Å². The van der Waals surface area contributed by atoms with E-state index in [4.69, 9.17) is 10.5 Å². The van der Waals surface area contributed by atoms with Crippen molar-refractivity contribution in [2.24, 2.45) is 0 Å². The highest BCUT2D eigenvalue weighted by Gasteiger charge is 2.50. The highest BCUT2D eigenvalue weighted by molar-refractivity contribution is 6.05. The number of hydrogen-bond donors (Lipinski definition) is 3. The van der Waals surface area contributed by atoms with E-state index in [1.165, 1.54) is 24.3 Å². The molecule has 0 bridgehead atoms. The van der Waals surface area contributed by atoms with E-state index in [0.717, 1.165) is 5.39 Å². The molecule has 144 valence electrons. The van der Waals surface area contributed by atoms with Crippen LogP contribution in [0, 0.1) is 0 Å². The number of carbonyl (C=O) groups excluding carboxylic acids is 1. The second-order valence-corrected chi connectivity index (χ2v) is 6.27. The van der Waals surface area contributed by atoms with Crippen molar-refractivity contribution in [2.45, 2.75) is 12.0 Å². The molecule has 3 rings (SSSR count). The Hall–Kier alpha value is -3.81. The molecule has 2 aromatic carbocycles. The zero-order valence-corrected chi connectivity index (χ0v) is 14.7. The Kier molecular flexibility index (Phi) is 5.04. The average molecular weight is 382 g/mol. The third kappa shape index (κ3) is 3.27. The molecule has 0 spiro atoms. The van der Waals surface area contributed by atoms with Crippen LogP contribution in [-0.4, -0.2) is 39.3 Å². The fraction of sp³-hybridized carbons (Fsp3) is 0.150. The minimum atomic E-state index is -2.39. The molecule has 3 aromatic rings. The number of anilines is 1. The first-order chi connectivity index (χ1) is 13.4. The minimum absolute atomic E-state index is 0.0157. The molecular weight excluding hydrogens is 364 g/mol. The van der Waals surface area contributed by atoms with Crippen molar-refractivity contribution in [3.63, 3.8) is 0 Å². The molecule has 0 aliphatic rings. The maximum atomic E-state index is 12.3. The van der Waals surface area contributed by atoms with Crippen molar-refractivity contribution in [1.29, 1.82) is 0 Å². The van der Waals surface area contributed by atoms with Gasteiger partial charge in [-0.2, -0.15) is 0 Å². The van der Waals surface area contributed by atoms with E-state index in [1.807, 2.05) is 0 Å². The molecule has 0 fully saturated rings. The molecule has 1 heterocycles. The van der Waals surface area contributed by atoms with Crippen molar-refractivity contribution < 1.29 is 29.3 Å². The van der Waals surface area contributed by atoms with Crippen LogP contribution in [0.5, 0.6) is 0 Å². The topological polar surface area (TPSA) is 132 Å². The summed E-state index contributed by atoms with van der Waals surface area (Å²) >= 11 is 0. The number of esters is 1. The summed E-state index contributed by atoms with van der Waals surface area (Å²) in [7, 11) is 0. The van der Waals surface area contributed by atoms with Gasteiger partial charge in [0.05, 0.1) is 5.52 Å². The lowest BCUT2D eigenvalue weighted by Crippen LogP contribution is -2.48. The lowest BCUT2D eigenvalue weighted by molar-refractivity contribution is -0.164. The Morgan fingerprint density at radius 3 is 2.29 bits per heavy atom. The number of hydrogen-bond acceptors (Lipinski definition) is 5. The van der Waals surface area contributed by atoms with Crippen molar-refractivity contribution in [3.8, 4) is 0 Å². The number of aromatic nitrogens is 1. The van der Waals surface area contributed by atoms with Crippen LogP contribution in [0.25, 0.3) is 10.9 Å². The highest BCUT2D eigenvalue weighted by atomic mass is 16.5. The largest absolute Gasteiger partial charge is 0.480 e. The number of rotatable bonds is 7. The number of ether oxygens (including phenoxy) is 1. The number of benzene rings is 2. The molecule has 28 heavy (non-hydrogen) atoms. The molecule has 4 N–H and O–H groups in total. The third-order valence-corrected chi connectivity index (χ3v) is 4.59. The second kappa shape index (κ2) is 7.43. The first kappa shape index (κ1) is 19.0. The summed E-state index contributed by atoms with van der Waals surface area (Å²) in [6, 6.07) is 14.4. The van der Waals surface area contributed by atoms with Crippen molar-refractivity contribution >= 4 is 34.5 Å². The van der Waals surface area contributed by atoms with E-state index >= 15 is 0 Å². The predicted octanol–water partition coefficient (Wildman–Crippen LogP) is 1.87. The van der Waals surface area contributed by atoms with Crippen LogP contribution in [0.4, 0.5) is 5.69 Å². The summed E-state index contributed by atoms with van der Waals surface area (Å²) in [5.74, 6) is -3.99. The highest BCUT2D eigenvalue weighted by Crippen LogP contribution is 2.26. The van der Waals surface area contributed by atoms with Gasteiger partial charge in [-0.15, -0.1) is 0 Å². The van der Waals surface area contributed by atoms with Gasteiger partial charge in [-0.3, -0.25) is 14.4 Å². The number of carbonyl (C=O) groups is 3. The summed E-state index contributed by atoms with van der Waals surface area (Å²) in [5.41, 5.74) is 4.78. The molecule has 0 radical (unpaired) electrons. The molecule has 0 amide bonds. The van der Waals surface area contributed by atoms with E-state index in [9.17, 15) is 24.6 Å². The number of nitrogen functional groups attached to an aromatic ring is 1. The van der Waals surface area contributed by atoms with Crippen LogP contribution in [0.2, 0.25) is 0 Å². The maximum absolute atomic E-state index is 12.3. The van der Waals surface area contributed by atoms with Gasteiger partial charge in [-0.05, 0) is 23.8 Å². The molecule has 0 aliphatic heterocycles. The lowest BCUT2D eigenvalue weighted by atomic mass is 9.81. The third-order valence-electron chi connectivity index (χ3n) is 4.59. The molecule has 8 heteroatoms. The van der Waals surface area contributed by atoms with Gasteiger partial charge in [0.15, 0.2) is 0 Å². The standard InChI is InChI=1S/C20H18N2O6/c21-15-7-4-8-16-14(15)9-10-22(16)11-17(23)28-12-20(18(24)25,19(26)27)13-5-2-1-3-6-13/h1-10H,11-12,21H2,(H,24,25)(H,26,27). The summed E-state index contributed by atoms with van der Waals surface area (Å²) in [5, 5.41) is 20.0. The quantitative estimate of drug-likeness (QED) is 0.323. The van der Waals surface area contributed by atoms with Crippen LogP contribution >= 0.6 is 0 Å². The van der Waals surface area contributed by atoms with Crippen LogP contribution in [0.15, 0.2) is 60.8 Å². The van der Waals surface area contributed by atoms with Crippen LogP contribution in [-0.2, 0) is 31.1 Å². The number of nitrogens with two attached hydrogens (primary N) is 1. The van der Waals surface area contributed by atoms with E-state index in [-0.39, 0.29) is 12.1 Å². The lowest BCUT2D eigenvalue weighted by Gasteiger charge is -2.25. The molecule has 0 unspecified atom stereocenters. The van der Waals surface area contributed by atoms with Gasteiger partial charge < -0.3 is 25.3 Å². The Morgan fingerprint density at radius 2 is 1.64 bits per heavy atom. The molecule has 0 atom stereocenters. The molecule has 8 nitrogen and oxygen atoms in total. The Balaban J connectivity index is 1.81. The SMILES string of the molecule is Nc1cccc2c1ccn2CC(=O)OCC(C(=O)O)(C(=O)O)c1ccccc1. The van der Waals surface area contributed by atoms with Crippen LogP contribution < -0.4 is 5.73 Å². The summed E-state index contributed by atoms with van der Waals surface area (Å²) in [6.07, 6.45) is 1.65. The monoisotopic (exact) mass is 382 g/mol. The van der Waals surface area contributed by atoms with Crippen molar-refractivity contribution in [2.75, 3.05) is 12.3 Å². The van der Waals surface area contributed by atoms with Gasteiger partial charge in [0.2, 0.25) is 5.41 Å². The Bertz CT molecular complexity index is 1030. The Labute approximate surface area is 159 Å². The van der Waals surface area contributed by atoms with Gasteiger partial charge >= 0.3 is 17.9 Å². The zero-order chi connectivity index (χ0) is 20.3. The number of aliphatic carboxylic acids is 2. The second-order valence-electron chi connectivity index (χ2n) is 6.27. The summed E-state index contributed by atoms with van der Waals surface area (Å²) in [4.78, 5) is 35.9. The van der Waals surface area contributed by atoms with E-state index in [2.05, 4.69) is 0 Å². The van der Waals surface area contributed by atoms with E-state index < -0.39 is 29.9 Å².